The molecule has 1 saturated heterocycles. The molecule has 0 unspecified atom stereocenters. The molecule has 3 aliphatic carbocycles. The normalized spacial score (nSPS) is 26.9. The number of benzene rings is 3. The van der Waals surface area contributed by atoms with Gasteiger partial charge in [-0.3, -0.25) is 24.0 Å². The average Bonchev–Trinajstić information content (AvgIpc) is 0.824. The van der Waals surface area contributed by atoms with Crippen molar-refractivity contribution < 1.29 is 72.2 Å². The van der Waals surface area contributed by atoms with E-state index in [-0.39, 0.29) is 41.7 Å². The van der Waals surface area contributed by atoms with Crippen LogP contribution in [-0.4, -0.2) is 106 Å². The summed E-state index contributed by atoms with van der Waals surface area (Å²) < 4.78 is 37.3. The van der Waals surface area contributed by atoms with Gasteiger partial charge in [0.1, 0.15) is 30.0 Å². The van der Waals surface area contributed by atoms with Crippen LogP contribution in [0.15, 0.2) is 126 Å². The zero-order valence-corrected chi connectivity index (χ0v) is 49.3. The van der Waals surface area contributed by atoms with Gasteiger partial charge in [0.05, 0.1) is 29.6 Å². The van der Waals surface area contributed by atoms with Crippen LogP contribution in [0.3, 0.4) is 0 Å². The number of nitrogens with one attached hydrogen (secondary N) is 1. The van der Waals surface area contributed by atoms with E-state index in [1.165, 1.54) is 38.3 Å². The Morgan fingerprint density at radius 3 is 1.89 bits per heavy atom. The van der Waals surface area contributed by atoms with E-state index in [1.54, 1.807) is 99.6 Å². The van der Waals surface area contributed by atoms with Crippen LogP contribution in [0.1, 0.15) is 184 Å². The summed E-state index contributed by atoms with van der Waals surface area (Å²) >= 11 is 0. The van der Waals surface area contributed by atoms with Crippen molar-refractivity contribution in [3.05, 3.63) is 143 Å². The number of aliphatic hydroxyl groups is 2. The molecule has 3 N–H and O–H groups in total. The summed E-state index contributed by atoms with van der Waals surface area (Å²) in [6, 6.07) is 23.3. The second-order valence-electron chi connectivity index (χ2n) is 23.5. The van der Waals surface area contributed by atoms with Gasteiger partial charge in [-0.2, -0.15) is 0 Å². The topological polar surface area (TPSA) is 227 Å². The minimum Gasteiger partial charge on any atom is -0.455 e. The van der Waals surface area contributed by atoms with E-state index in [0.717, 1.165) is 71.6 Å². The minimum atomic E-state index is -2.44. The summed E-state index contributed by atoms with van der Waals surface area (Å²) in [7, 11) is 0. The number of hydrogen-bond donors (Lipinski definition) is 3. The fourth-order valence-corrected chi connectivity index (χ4v) is 12.9. The van der Waals surface area contributed by atoms with Crippen molar-refractivity contribution in [2.24, 2.45) is 16.7 Å². The number of amides is 1. The van der Waals surface area contributed by atoms with E-state index >= 15 is 9.59 Å². The van der Waals surface area contributed by atoms with Gasteiger partial charge in [0.25, 0.3) is 5.91 Å². The lowest BCUT2D eigenvalue weighted by atomic mass is 9.44. The molecule has 1 aliphatic heterocycles. The smallest absolute Gasteiger partial charge is 0.350 e. The Kier molecular flexibility index (Phi) is 22.1. The van der Waals surface area contributed by atoms with Gasteiger partial charge >= 0.3 is 29.8 Å². The number of ketones is 1. The molecule has 1 amide bonds. The lowest BCUT2D eigenvalue weighted by molar-refractivity contribution is -0.346. The van der Waals surface area contributed by atoms with Crippen LogP contribution in [0, 0.1) is 16.7 Å². The van der Waals surface area contributed by atoms with Crippen molar-refractivity contribution in [1.82, 2.24) is 5.32 Å². The number of aliphatic hydroxyl groups excluding tert-OH is 1. The van der Waals surface area contributed by atoms with E-state index in [4.69, 9.17) is 28.4 Å². The van der Waals surface area contributed by atoms with Crippen LogP contribution in [0.5, 0.6) is 0 Å². The molecular weight excluding hydrogens is 1060 g/mol. The molecule has 2 saturated carbocycles. The number of allylic oxidation sites excluding steroid dienone is 4. The quantitative estimate of drug-likeness (QED) is 0.0279. The Bertz CT molecular complexity index is 2830. The Labute approximate surface area is 488 Å². The molecule has 3 aromatic carbocycles. The molecule has 2 bridgehead atoms. The first-order valence-corrected chi connectivity index (χ1v) is 29.7. The average molecular weight is 1140 g/mol. The first-order chi connectivity index (χ1) is 39.7. The highest BCUT2D eigenvalue weighted by atomic mass is 16.6. The van der Waals surface area contributed by atoms with Crippen molar-refractivity contribution in [2.75, 3.05) is 6.61 Å². The molecule has 11 atom stereocenters. The highest BCUT2D eigenvalue weighted by Gasteiger charge is 2.78. The second-order valence-corrected chi connectivity index (χ2v) is 23.5. The van der Waals surface area contributed by atoms with E-state index < -0.39 is 119 Å². The zero-order valence-electron chi connectivity index (χ0n) is 49.3. The maximum Gasteiger partial charge on any atom is 0.350 e. The number of rotatable bonds is 27. The lowest BCUT2D eigenvalue weighted by Gasteiger charge is -2.67. The largest absolute Gasteiger partial charge is 0.455 e. The lowest BCUT2D eigenvalue weighted by Crippen LogP contribution is -2.82. The molecule has 0 radical (unpaired) electrons. The Hall–Kier alpha value is -6.75. The van der Waals surface area contributed by atoms with Gasteiger partial charge in [0, 0.05) is 44.1 Å². The predicted molar refractivity (Wildman–Crippen MR) is 310 cm³/mol. The fourth-order valence-electron chi connectivity index (χ4n) is 12.9. The summed E-state index contributed by atoms with van der Waals surface area (Å²) in [6.07, 6.45) is 11.5. The molecule has 16 heteroatoms. The first kappa shape index (κ1) is 63.8. The SMILES string of the molecule is CCCCC/C=C\C/C=C\CCCCCCCCCC(=O)O[C@@H](C(=O)O[C@H]1C[C@@]2(O)[C@@H](OC(=O)c3ccccc3)[C@@H]3[C@]4(OC(C)=O)CO[C@@H]4C[C@H](O)[C@@]3(C)C(=O)[C@H](OC(C)=O)C(=C1C)C2(C)C)[C@@H](NC(=O)c1ccccc1)c1ccccc1. The standard InChI is InChI=1S/C67H85NO15/c1-8-9-10-11-12-13-14-15-16-17-18-19-20-21-22-23-33-40-53(72)81-57(55(47-34-27-24-28-35-47)68-61(74)48-36-29-25-30-37-48)63(76)80-50-42-67(77)60(82-62(75)49-38-31-26-32-39-49)58-65(7,51(71)41-52-66(58,43-78-52)83-46(4)70)59(73)56(79-45(3)69)54(44(50)2)64(67,5)6/h12-13,15-16,24-32,34-39,50-52,55-58,60,71,77H,8-11,14,17-23,33,40-43H2,1-7H3,(H,68,74)/b13-12-,16-15-/t50-,51-,52+,55-,56+,57+,58-,60-,65+,66-,67+/m0/s1. The van der Waals surface area contributed by atoms with Gasteiger partial charge < -0.3 is 44.0 Å². The van der Waals surface area contributed by atoms with Gasteiger partial charge in [-0.05, 0) is 93.3 Å². The summed E-state index contributed by atoms with van der Waals surface area (Å²) in [5.41, 5.74) is -7.19. The number of esters is 5. The van der Waals surface area contributed by atoms with Gasteiger partial charge in [-0.15, -0.1) is 0 Å². The highest BCUT2D eigenvalue weighted by molar-refractivity contribution is 5.96. The highest BCUT2D eigenvalue weighted by Crippen LogP contribution is 2.64. The number of unbranched alkanes of at least 4 members (excludes halogenated alkanes) is 10. The number of ether oxygens (including phenoxy) is 6. The van der Waals surface area contributed by atoms with Gasteiger partial charge in [-0.1, -0.05) is 157 Å². The molecule has 1 heterocycles. The molecular formula is C67H85NO15. The number of Topliss-reactive ketones (excluding diaryl/α,β-unsaturated/α-hetero) is 1. The predicted octanol–water partition coefficient (Wildman–Crippen LogP) is 10.9. The molecule has 83 heavy (non-hydrogen) atoms. The summed E-state index contributed by atoms with van der Waals surface area (Å²) in [6.45, 7) is 10.3. The molecule has 448 valence electrons. The fraction of sp³-hybridized carbons (Fsp3) is 0.537. The Morgan fingerprint density at radius 2 is 1.31 bits per heavy atom. The summed E-state index contributed by atoms with van der Waals surface area (Å²) in [5.74, 6) is -7.55. The van der Waals surface area contributed by atoms with Gasteiger partial charge in [0.2, 0.25) is 6.10 Å². The number of carbonyl (C=O) groups excluding carboxylic acids is 7. The van der Waals surface area contributed by atoms with Crippen molar-refractivity contribution in [3.8, 4) is 0 Å². The Morgan fingerprint density at radius 1 is 0.735 bits per heavy atom. The molecule has 7 rings (SSSR count). The summed E-state index contributed by atoms with van der Waals surface area (Å²) in [4.78, 5) is 101. The van der Waals surface area contributed by atoms with Crippen LogP contribution in [0.25, 0.3) is 0 Å². The minimum absolute atomic E-state index is 0.00996. The van der Waals surface area contributed by atoms with Crippen LogP contribution < -0.4 is 5.32 Å². The zero-order chi connectivity index (χ0) is 60.0. The van der Waals surface area contributed by atoms with Crippen molar-refractivity contribution in [1.29, 1.82) is 0 Å². The van der Waals surface area contributed by atoms with Crippen LogP contribution in [0.4, 0.5) is 0 Å². The second kappa shape index (κ2) is 28.7. The van der Waals surface area contributed by atoms with Crippen molar-refractivity contribution in [2.45, 2.75) is 205 Å². The van der Waals surface area contributed by atoms with Gasteiger partial charge in [-0.25, -0.2) is 9.59 Å². The van der Waals surface area contributed by atoms with Crippen LogP contribution in [0.2, 0.25) is 0 Å². The molecule has 16 nitrogen and oxygen atoms in total. The molecule has 0 aromatic heterocycles. The van der Waals surface area contributed by atoms with Crippen molar-refractivity contribution >= 4 is 41.5 Å². The van der Waals surface area contributed by atoms with E-state index in [2.05, 4.69) is 36.5 Å². The number of fused-ring (bicyclic) bond motifs is 5. The molecule has 4 aliphatic rings. The van der Waals surface area contributed by atoms with E-state index in [9.17, 15) is 34.2 Å². The maximum atomic E-state index is 15.8. The third kappa shape index (κ3) is 14.4. The van der Waals surface area contributed by atoms with Crippen LogP contribution in [-0.2, 0) is 52.4 Å². The molecule has 0 spiro atoms. The van der Waals surface area contributed by atoms with E-state index in [1.807, 2.05) is 0 Å². The van der Waals surface area contributed by atoms with Crippen molar-refractivity contribution in [3.63, 3.8) is 0 Å². The molecule has 3 aromatic rings. The Balaban J connectivity index is 1.21. The third-order valence-electron chi connectivity index (χ3n) is 17.5. The number of carbonyl (C=O) groups is 7. The monoisotopic (exact) mass is 1140 g/mol. The van der Waals surface area contributed by atoms with Gasteiger partial charge in [0.15, 0.2) is 17.5 Å². The third-order valence-corrected chi connectivity index (χ3v) is 17.5. The summed E-state index contributed by atoms with van der Waals surface area (Å²) in [5, 5.41) is 29.3. The number of hydrogen-bond acceptors (Lipinski definition) is 15. The van der Waals surface area contributed by atoms with E-state index in [0.29, 0.717) is 12.0 Å². The first-order valence-electron chi connectivity index (χ1n) is 29.7. The van der Waals surface area contributed by atoms with Crippen LogP contribution >= 0.6 is 0 Å². The molecule has 3 fully saturated rings. The maximum absolute atomic E-state index is 15.8.